The van der Waals surface area contributed by atoms with E-state index in [1.54, 1.807) is 0 Å². The highest BCUT2D eigenvalue weighted by Gasteiger charge is 2.58. The SMILES string of the molecule is C1CC2(COC3(CCC4OC4C3)OC2)CC2OC12. The fraction of sp³-hybridized carbons (Fsp3) is 1.00. The largest absolute Gasteiger partial charge is 0.370 e. The molecule has 3 heterocycles. The highest BCUT2D eigenvalue weighted by Crippen LogP contribution is 2.52. The minimum Gasteiger partial charge on any atom is -0.370 e. The molecule has 100 valence electrons. The molecule has 0 aromatic rings. The minimum atomic E-state index is -0.315. The zero-order chi connectivity index (χ0) is 11.8. The molecule has 0 aromatic heterocycles. The van der Waals surface area contributed by atoms with Gasteiger partial charge < -0.3 is 18.9 Å². The van der Waals surface area contributed by atoms with E-state index < -0.39 is 0 Å². The Morgan fingerprint density at radius 3 is 2.06 bits per heavy atom. The van der Waals surface area contributed by atoms with Crippen molar-refractivity contribution < 1.29 is 18.9 Å². The van der Waals surface area contributed by atoms with Gasteiger partial charge in [0.1, 0.15) is 0 Å². The van der Waals surface area contributed by atoms with Gasteiger partial charge in [-0.1, -0.05) is 0 Å². The third-order valence-corrected chi connectivity index (χ3v) is 5.57. The summed E-state index contributed by atoms with van der Waals surface area (Å²) in [7, 11) is 0. The Labute approximate surface area is 107 Å². The van der Waals surface area contributed by atoms with E-state index in [1.807, 2.05) is 0 Å². The Kier molecular flexibility index (Phi) is 1.94. The summed E-state index contributed by atoms with van der Waals surface area (Å²) in [4.78, 5) is 0. The maximum absolute atomic E-state index is 6.21. The molecule has 2 spiro atoms. The van der Waals surface area contributed by atoms with Gasteiger partial charge in [-0.3, -0.25) is 0 Å². The molecule has 0 amide bonds. The summed E-state index contributed by atoms with van der Waals surface area (Å²) in [5, 5.41) is 0. The molecule has 18 heavy (non-hydrogen) atoms. The van der Waals surface area contributed by atoms with Crippen LogP contribution in [0.1, 0.15) is 38.5 Å². The van der Waals surface area contributed by atoms with Gasteiger partial charge in [-0.05, 0) is 25.7 Å². The number of ether oxygens (including phenoxy) is 4. The van der Waals surface area contributed by atoms with E-state index in [0.29, 0.717) is 24.4 Å². The summed E-state index contributed by atoms with van der Waals surface area (Å²) in [5.41, 5.74) is 0.240. The van der Waals surface area contributed by atoms with Gasteiger partial charge in [0.25, 0.3) is 0 Å². The summed E-state index contributed by atoms with van der Waals surface area (Å²) in [6, 6.07) is 0. The van der Waals surface area contributed by atoms with Crippen LogP contribution in [0.4, 0.5) is 0 Å². The van der Waals surface area contributed by atoms with Crippen LogP contribution < -0.4 is 0 Å². The van der Waals surface area contributed by atoms with Crippen molar-refractivity contribution in [1.82, 2.24) is 0 Å². The summed E-state index contributed by atoms with van der Waals surface area (Å²) < 4.78 is 23.6. The molecule has 2 aliphatic carbocycles. The molecule has 0 bridgehead atoms. The van der Waals surface area contributed by atoms with Crippen molar-refractivity contribution in [2.45, 2.75) is 68.7 Å². The molecule has 3 aliphatic heterocycles. The minimum absolute atomic E-state index is 0.240. The van der Waals surface area contributed by atoms with Gasteiger partial charge in [0.2, 0.25) is 0 Å². The van der Waals surface area contributed by atoms with Crippen molar-refractivity contribution >= 4 is 0 Å². The van der Waals surface area contributed by atoms with Crippen molar-refractivity contribution in [2.75, 3.05) is 13.2 Å². The highest BCUT2D eigenvalue weighted by molar-refractivity contribution is 5.03. The molecule has 5 fully saturated rings. The Bertz CT molecular complexity index is 338. The smallest absolute Gasteiger partial charge is 0.170 e. The van der Waals surface area contributed by atoms with Gasteiger partial charge in [-0.15, -0.1) is 0 Å². The molecule has 3 saturated heterocycles. The number of hydrogen-bond acceptors (Lipinski definition) is 4. The van der Waals surface area contributed by atoms with Gasteiger partial charge >= 0.3 is 0 Å². The molecular weight excluding hydrogens is 232 g/mol. The average molecular weight is 252 g/mol. The maximum Gasteiger partial charge on any atom is 0.170 e. The maximum atomic E-state index is 6.21. The summed E-state index contributed by atoms with van der Waals surface area (Å²) >= 11 is 0. The Morgan fingerprint density at radius 2 is 1.39 bits per heavy atom. The zero-order valence-corrected chi connectivity index (χ0v) is 10.6. The fourth-order valence-electron chi connectivity index (χ4n) is 4.15. The lowest BCUT2D eigenvalue weighted by molar-refractivity contribution is -0.316. The first-order valence-electron chi connectivity index (χ1n) is 7.35. The Balaban J connectivity index is 1.29. The van der Waals surface area contributed by atoms with Crippen molar-refractivity contribution in [2.24, 2.45) is 5.41 Å². The first-order chi connectivity index (χ1) is 8.76. The first-order valence-corrected chi connectivity index (χ1v) is 7.35. The Morgan fingerprint density at radius 1 is 0.722 bits per heavy atom. The van der Waals surface area contributed by atoms with E-state index in [4.69, 9.17) is 18.9 Å². The monoisotopic (exact) mass is 252 g/mol. The molecule has 5 aliphatic rings. The summed E-state index contributed by atoms with van der Waals surface area (Å²) in [6.45, 7) is 1.72. The standard InChI is InChI=1S/C14H20O4/c1-3-13(5-11-9(1)17-11)7-15-14(16-8-13)4-2-10-12(6-14)18-10/h9-12H,1-8H2. The molecule has 4 unspecified atom stereocenters. The van der Waals surface area contributed by atoms with Crippen LogP contribution in [-0.2, 0) is 18.9 Å². The zero-order valence-electron chi connectivity index (χ0n) is 10.6. The van der Waals surface area contributed by atoms with Crippen molar-refractivity contribution in [1.29, 1.82) is 0 Å². The van der Waals surface area contributed by atoms with Crippen LogP contribution in [0.25, 0.3) is 0 Å². The van der Waals surface area contributed by atoms with E-state index >= 15 is 0 Å². The van der Waals surface area contributed by atoms with Crippen molar-refractivity contribution in [3.63, 3.8) is 0 Å². The molecule has 4 nitrogen and oxygen atoms in total. The molecule has 0 aromatic carbocycles. The molecular formula is C14H20O4. The quantitative estimate of drug-likeness (QED) is 0.614. The van der Waals surface area contributed by atoms with Gasteiger partial charge in [-0.2, -0.15) is 0 Å². The van der Waals surface area contributed by atoms with Crippen molar-refractivity contribution in [3.05, 3.63) is 0 Å². The van der Waals surface area contributed by atoms with Crippen LogP contribution in [-0.4, -0.2) is 43.4 Å². The average Bonchev–Trinajstić information content (AvgIpc) is 3.27. The number of epoxide rings is 2. The van der Waals surface area contributed by atoms with Gasteiger partial charge in [-0.25, -0.2) is 0 Å². The van der Waals surface area contributed by atoms with Gasteiger partial charge in [0.05, 0.1) is 37.6 Å². The van der Waals surface area contributed by atoms with Gasteiger partial charge in [0.15, 0.2) is 5.79 Å². The van der Waals surface area contributed by atoms with Crippen LogP contribution in [0.3, 0.4) is 0 Å². The van der Waals surface area contributed by atoms with E-state index in [-0.39, 0.29) is 11.2 Å². The fourth-order valence-corrected chi connectivity index (χ4v) is 4.15. The normalized spacial score (nSPS) is 61.3. The van der Waals surface area contributed by atoms with Crippen LogP contribution in [0.2, 0.25) is 0 Å². The topological polar surface area (TPSA) is 43.5 Å². The molecule has 4 heteroatoms. The van der Waals surface area contributed by atoms with Crippen LogP contribution in [0.15, 0.2) is 0 Å². The molecule has 5 rings (SSSR count). The summed E-state index contributed by atoms with van der Waals surface area (Å²) in [6.07, 6.45) is 8.56. The lowest BCUT2D eigenvalue weighted by atomic mass is 9.74. The molecule has 4 atom stereocenters. The Hall–Kier alpha value is -0.160. The molecule has 0 radical (unpaired) electrons. The second-order valence-electron chi connectivity index (χ2n) is 6.90. The first kappa shape index (κ1) is 10.6. The lowest BCUT2D eigenvalue weighted by Gasteiger charge is -2.48. The third kappa shape index (κ3) is 1.52. The van der Waals surface area contributed by atoms with Gasteiger partial charge in [0, 0.05) is 18.3 Å². The number of rotatable bonds is 0. The molecule has 0 N–H and O–H groups in total. The van der Waals surface area contributed by atoms with E-state index in [2.05, 4.69) is 0 Å². The van der Waals surface area contributed by atoms with Crippen LogP contribution in [0.5, 0.6) is 0 Å². The van der Waals surface area contributed by atoms with Crippen molar-refractivity contribution in [3.8, 4) is 0 Å². The number of fused-ring (bicyclic) bond motifs is 2. The van der Waals surface area contributed by atoms with E-state index in [1.165, 1.54) is 12.8 Å². The predicted molar refractivity (Wildman–Crippen MR) is 62.1 cm³/mol. The second-order valence-corrected chi connectivity index (χ2v) is 6.90. The van der Waals surface area contributed by atoms with E-state index in [0.717, 1.165) is 38.9 Å². The van der Waals surface area contributed by atoms with Crippen LogP contribution in [0, 0.1) is 5.41 Å². The van der Waals surface area contributed by atoms with E-state index in [9.17, 15) is 0 Å². The van der Waals surface area contributed by atoms with Crippen LogP contribution >= 0.6 is 0 Å². The predicted octanol–water partition coefficient (Wildman–Crippen LogP) is 1.62. The molecule has 2 saturated carbocycles. The second kappa shape index (κ2) is 3.29. The number of hydrogen-bond donors (Lipinski definition) is 0. The highest BCUT2D eigenvalue weighted by atomic mass is 16.7. The third-order valence-electron chi connectivity index (χ3n) is 5.57. The lowest BCUT2D eigenvalue weighted by Crippen LogP contribution is -2.52. The summed E-state index contributed by atoms with van der Waals surface area (Å²) in [5.74, 6) is -0.315.